The van der Waals surface area contributed by atoms with E-state index in [0.717, 1.165) is 22.4 Å². The maximum Gasteiger partial charge on any atom is 0.133 e. The molecule has 0 saturated carbocycles. The Bertz CT molecular complexity index is 491. The van der Waals surface area contributed by atoms with Crippen LogP contribution in [0.5, 0.6) is 5.75 Å². The second kappa shape index (κ2) is 4.62. The molecule has 2 aromatic rings. The molecule has 2 rings (SSSR count). The molecule has 2 nitrogen and oxygen atoms in total. The minimum Gasteiger partial charge on any atom is -0.495 e. The molecule has 0 aliphatic carbocycles. The summed E-state index contributed by atoms with van der Waals surface area (Å²) in [5.74, 6) is 0.838. The lowest BCUT2D eigenvalue weighted by molar-refractivity contribution is 0.415. The van der Waals surface area contributed by atoms with Gasteiger partial charge < -0.3 is 4.74 Å². The van der Waals surface area contributed by atoms with Crippen LogP contribution < -0.4 is 4.74 Å². The summed E-state index contributed by atoms with van der Waals surface area (Å²) < 4.78 is 5.42. The highest BCUT2D eigenvalue weighted by Crippen LogP contribution is 2.32. The largest absolute Gasteiger partial charge is 0.495 e. The third-order valence-corrected chi connectivity index (χ3v) is 2.44. The Morgan fingerprint density at radius 1 is 1.25 bits per heavy atom. The van der Waals surface area contributed by atoms with Crippen molar-refractivity contribution in [1.29, 1.82) is 0 Å². The van der Waals surface area contributed by atoms with Crippen molar-refractivity contribution in [1.82, 2.24) is 4.98 Å². The molecule has 0 N–H and O–H groups in total. The van der Waals surface area contributed by atoms with Crippen molar-refractivity contribution in [3.8, 4) is 16.9 Å². The summed E-state index contributed by atoms with van der Waals surface area (Å²) in [4.78, 5) is 4.11. The highest BCUT2D eigenvalue weighted by Gasteiger charge is 2.08. The number of benzene rings is 1. The Hall–Kier alpha value is -2.09. The average molecular weight is 211 g/mol. The van der Waals surface area contributed by atoms with Crippen molar-refractivity contribution < 1.29 is 4.74 Å². The molecule has 1 heterocycles. The van der Waals surface area contributed by atoms with E-state index in [1.807, 2.05) is 36.5 Å². The number of ether oxygens (including phenoxy) is 1. The minimum atomic E-state index is 0.838. The number of aromatic nitrogens is 1. The topological polar surface area (TPSA) is 22.1 Å². The molecule has 0 bridgehead atoms. The normalized spacial score (nSPS) is 9.81. The number of hydrogen-bond donors (Lipinski definition) is 0. The molecular formula is C14H13NO. The van der Waals surface area contributed by atoms with Gasteiger partial charge in [-0.1, -0.05) is 36.9 Å². The smallest absolute Gasteiger partial charge is 0.133 e. The molecule has 80 valence electrons. The molecule has 0 aliphatic rings. The van der Waals surface area contributed by atoms with Crippen molar-refractivity contribution in [2.24, 2.45) is 0 Å². The first-order valence-electron chi connectivity index (χ1n) is 5.06. The van der Waals surface area contributed by atoms with E-state index in [1.165, 1.54) is 0 Å². The maximum atomic E-state index is 5.42. The van der Waals surface area contributed by atoms with Gasteiger partial charge in [0.1, 0.15) is 5.75 Å². The Labute approximate surface area is 95.2 Å². The first kappa shape index (κ1) is 10.4. The van der Waals surface area contributed by atoms with Gasteiger partial charge in [-0.05, 0) is 6.07 Å². The van der Waals surface area contributed by atoms with Crippen LogP contribution in [0.1, 0.15) is 5.56 Å². The van der Waals surface area contributed by atoms with E-state index in [1.54, 1.807) is 19.4 Å². The van der Waals surface area contributed by atoms with Crippen molar-refractivity contribution in [2.45, 2.75) is 0 Å². The molecule has 16 heavy (non-hydrogen) atoms. The summed E-state index contributed by atoms with van der Waals surface area (Å²) in [5.41, 5.74) is 3.07. The van der Waals surface area contributed by atoms with Crippen LogP contribution in [0.25, 0.3) is 17.2 Å². The Balaban J connectivity index is 2.61. The Morgan fingerprint density at radius 2 is 2.12 bits per heavy atom. The minimum absolute atomic E-state index is 0.838. The van der Waals surface area contributed by atoms with E-state index in [-0.39, 0.29) is 0 Å². The number of methoxy groups -OCH3 is 1. The van der Waals surface area contributed by atoms with E-state index in [4.69, 9.17) is 4.74 Å². The number of pyridine rings is 1. The van der Waals surface area contributed by atoms with Crippen molar-refractivity contribution in [3.05, 3.63) is 54.9 Å². The highest BCUT2D eigenvalue weighted by molar-refractivity contribution is 5.75. The summed E-state index contributed by atoms with van der Waals surface area (Å²) in [6.07, 6.45) is 5.37. The van der Waals surface area contributed by atoms with Crippen LogP contribution in [0.4, 0.5) is 0 Å². The molecule has 2 heteroatoms. The van der Waals surface area contributed by atoms with Crippen molar-refractivity contribution >= 4 is 6.08 Å². The van der Waals surface area contributed by atoms with E-state index >= 15 is 0 Å². The van der Waals surface area contributed by atoms with Crippen LogP contribution in [-0.2, 0) is 0 Å². The lowest BCUT2D eigenvalue weighted by atomic mass is 10.0. The summed E-state index contributed by atoms with van der Waals surface area (Å²) in [6, 6.07) is 9.91. The predicted molar refractivity (Wildman–Crippen MR) is 66.3 cm³/mol. The lowest BCUT2D eigenvalue weighted by Gasteiger charge is -2.11. The highest BCUT2D eigenvalue weighted by atomic mass is 16.5. The first-order chi connectivity index (χ1) is 7.86. The zero-order valence-corrected chi connectivity index (χ0v) is 9.18. The van der Waals surface area contributed by atoms with E-state index in [2.05, 4.69) is 11.6 Å². The molecule has 0 unspecified atom stereocenters. The Kier molecular flexibility index (Phi) is 3.01. The third-order valence-electron chi connectivity index (χ3n) is 2.44. The van der Waals surface area contributed by atoms with Gasteiger partial charge in [0, 0.05) is 29.1 Å². The van der Waals surface area contributed by atoms with Gasteiger partial charge in [0.2, 0.25) is 0 Å². The molecule has 0 fully saturated rings. The van der Waals surface area contributed by atoms with E-state index in [9.17, 15) is 0 Å². The molecule has 1 aromatic carbocycles. The monoisotopic (exact) mass is 211 g/mol. The molecule has 0 radical (unpaired) electrons. The molecule has 0 atom stereocenters. The SMILES string of the molecule is C=Cc1cccc(-c2cccnc2)c1OC. The summed E-state index contributed by atoms with van der Waals surface area (Å²) >= 11 is 0. The van der Waals surface area contributed by atoms with Crippen LogP contribution in [0.2, 0.25) is 0 Å². The molecule has 1 aromatic heterocycles. The molecule has 0 aliphatic heterocycles. The zero-order chi connectivity index (χ0) is 11.4. The molecule has 0 spiro atoms. The fraction of sp³-hybridized carbons (Fsp3) is 0.0714. The van der Waals surface area contributed by atoms with Gasteiger partial charge >= 0.3 is 0 Å². The number of para-hydroxylation sites is 1. The molecular weight excluding hydrogens is 198 g/mol. The van der Waals surface area contributed by atoms with Crippen molar-refractivity contribution in [3.63, 3.8) is 0 Å². The predicted octanol–water partition coefficient (Wildman–Crippen LogP) is 3.40. The van der Waals surface area contributed by atoms with Gasteiger partial charge in [-0.3, -0.25) is 4.98 Å². The van der Waals surface area contributed by atoms with E-state index in [0.29, 0.717) is 0 Å². The fourth-order valence-corrected chi connectivity index (χ4v) is 1.69. The van der Waals surface area contributed by atoms with Crippen LogP contribution >= 0.6 is 0 Å². The Morgan fingerprint density at radius 3 is 2.75 bits per heavy atom. The number of rotatable bonds is 3. The standard InChI is InChI=1S/C14H13NO/c1-3-11-6-4-8-13(14(11)16-2)12-7-5-9-15-10-12/h3-10H,1H2,2H3. The van der Waals surface area contributed by atoms with Crippen LogP contribution in [-0.4, -0.2) is 12.1 Å². The van der Waals surface area contributed by atoms with Gasteiger partial charge in [0.15, 0.2) is 0 Å². The average Bonchev–Trinajstić information content (AvgIpc) is 2.38. The second-order valence-electron chi connectivity index (χ2n) is 3.37. The third kappa shape index (κ3) is 1.82. The van der Waals surface area contributed by atoms with Crippen molar-refractivity contribution in [2.75, 3.05) is 7.11 Å². The second-order valence-corrected chi connectivity index (χ2v) is 3.37. The van der Waals surface area contributed by atoms with Gasteiger partial charge in [0.05, 0.1) is 7.11 Å². The summed E-state index contributed by atoms with van der Waals surface area (Å²) in [7, 11) is 1.67. The molecule has 0 saturated heterocycles. The first-order valence-corrected chi connectivity index (χ1v) is 5.06. The quantitative estimate of drug-likeness (QED) is 0.776. The number of hydrogen-bond acceptors (Lipinski definition) is 2. The maximum absolute atomic E-state index is 5.42. The van der Waals surface area contributed by atoms with Gasteiger partial charge in [0.25, 0.3) is 0 Å². The van der Waals surface area contributed by atoms with Gasteiger partial charge in [-0.2, -0.15) is 0 Å². The van der Waals surface area contributed by atoms with Gasteiger partial charge in [-0.25, -0.2) is 0 Å². The van der Waals surface area contributed by atoms with Gasteiger partial charge in [-0.15, -0.1) is 0 Å². The lowest BCUT2D eigenvalue weighted by Crippen LogP contribution is -1.91. The summed E-state index contributed by atoms with van der Waals surface area (Å²) in [5, 5.41) is 0. The van der Waals surface area contributed by atoms with Crippen LogP contribution in [0.15, 0.2) is 49.3 Å². The van der Waals surface area contributed by atoms with Crippen LogP contribution in [0.3, 0.4) is 0 Å². The zero-order valence-electron chi connectivity index (χ0n) is 9.18. The van der Waals surface area contributed by atoms with E-state index < -0.39 is 0 Å². The molecule has 0 amide bonds. The number of nitrogens with zero attached hydrogens (tertiary/aromatic N) is 1. The van der Waals surface area contributed by atoms with Crippen LogP contribution in [0, 0.1) is 0 Å². The fourth-order valence-electron chi connectivity index (χ4n) is 1.69. The summed E-state index contributed by atoms with van der Waals surface area (Å²) in [6.45, 7) is 3.78.